The van der Waals surface area contributed by atoms with E-state index in [1.807, 2.05) is 12.1 Å². The van der Waals surface area contributed by atoms with Gasteiger partial charge in [-0.05, 0) is 18.1 Å². The molecule has 0 saturated carbocycles. The number of hydrogen-bond acceptors (Lipinski definition) is 2. The molecular weight excluding hydrogens is 230 g/mol. The van der Waals surface area contributed by atoms with Crippen molar-refractivity contribution in [2.24, 2.45) is 5.73 Å². The van der Waals surface area contributed by atoms with Crippen LogP contribution in [0.5, 0.6) is 0 Å². The minimum absolute atomic E-state index is 0.0222. The third-order valence-electron chi connectivity index (χ3n) is 1.85. The first-order valence-corrected chi connectivity index (χ1v) is 5.06. The summed E-state index contributed by atoms with van der Waals surface area (Å²) in [6, 6.07) is 5.57. The van der Waals surface area contributed by atoms with Crippen molar-refractivity contribution >= 4 is 27.5 Å². The highest BCUT2D eigenvalue weighted by molar-refractivity contribution is 9.09. The largest absolute Gasteiger partial charge is 0.398 e. The van der Waals surface area contributed by atoms with Crippen LogP contribution in [0.2, 0.25) is 0 Å². The number of alkyl halides is 1. The molecule has 0 radical (unpaired) electrons. The molecule has 0 bridgehead atoms. The van der Waals surface area contributed by atoms with Gasteiger partial charge in [0.1, 0.15) is 5.84 Å². The van der Waals surface area contributed by atoms with Gasteiger partial charge in [-0.3, -0.25) is 5.41 Å². The fourth-order valence-electron chi connectivity index (χ4n) is 1.17. The van der Waals surface area contributed by atoms with Crippen LogP contribution in [0.1, 0.15) is 11.1 Å². The van der Waals surface area contributed by atoms with Gasteiger partial charge in [0.2, 0.25) is 0 Å². The molecule has 3 nitrogen and oxygen atoms in total. The molecule has 0 aliphatic heterocycles. The zero-order valence-corrected chi connectivity index (χ0v) is 8.76. The lowest BCUT2D eigenvalue weighted by molar-refractivity contribution is 1.17. The van der Waals surface area contributed by atoms with E-state index in [1.165, 1.54) is 0 Å². The molecule has 0 aliphatic carbocycles. The molecule has 4 heteroatoms. The van der Waals surface area contributed by atoms with E-state index in [-0.39, 0.29) is 5.84 Å². The maximum Gasteiger partial charge on any atom is 0.124 e. The first kappa shape index (κ1) is 10.1. The highest BCUT2D eigenvalue weighted by Crippen LogP contribution is 2.17. The molecule has 0 spiro atoms. The van der Waals surface area contributed by atoms with Gasteiger partial charge in [0.25, 0.3) is 0 Å². The summed E-state index contributed by atoms with van der Waals surface area (Å²) >= 11 is 3.34. The monoisotopic (exact) mass is 241 g/mol. The molecule has 0 heterocycles. The summed E-state index contributed by atoms with van der Waals surface area (Å²) in [5.41, 5.74) is 13.5. The Balaban J connectivity index is 3.10. The van der Waals surface area contributed by atoms with E-state index in [0.717, 1.165) is 17.3 Å². The second kappa shape index (κ2) is 4.28. The molecule has 1 aromatic carbocycles. The molecule has 0 fully saturated rings. The predicted octanol–water partition coefficient (Wildman–Crippen LogP) is 1.49. The standard InChI is InChI=1S/C9H12BrN3/c10-5-4-6-2-1-3-7(8(6)11)9(12)13/h1-3H,4-5,11H2,(H3,12,13). The number of anilines is 1. The average Bonchev–Trinajstić information content (AvgIpc) is 2.08. The number of halogens is 1. The lowest BCUT2D eigenvalue weighted by Crippen LogP contribution is -2.14. The second-order valence-corrected chi connectivity index (χ2v) is 3.52. The smallest absolute Gasteiger partial charge is 0.124 e. The van der Waals surface area contributed by atoms with E-state index in [4.69, 9.17) is 16.9 Å². The fourth-order valence-corrected chi connectivity index (χ4v) is 1.59. The zero-order chi connectivity index (χ0) is 9.84. The van der Waals surface area contributed by atoms with Crippen LogP contribution in [0.15, 0.2) is 18.2 Å². The van der Waals surface area contributed by atoms with E-state index >= 15 is 0 Å². The number of amidine groups is 1. The minimum atomic E-state index is 0.0222. The zero-order valence-electron chi connectivity index (χ0n) is 7.18. The molecule has 0 amide bonds. The molecule has 70 valence electrons. The van der Waals surface area contributed by atoms with Crippen molar-refractivity contribution in [3.8, 4) is 0 Å². The van der Waals surface area contributed by atoms with E-state index in [2.05, 4.69) is 15.9 Å². The van der Waals surface area contributed by atoms with Crippen LogP contribution >= 0.6 is 15.9 Å². The third kappa shape index (κ3) is 2.21. The summed E-state index contributed by atoms with van der Waals surface area (Å²) in [6.07, 6.45) is 0.854. The average molecular weight is 242 g/mol. The maximum absolute atomic E-state index is 7.29. The molecule has 13 heavy (non-hydrogen) atoms. The van der Waals surface area contributed by atoms with Crippen molar-refractivity contribution in [2.45, 2.75) is 6.42 Å². The first-order chi connectivity index (χ1) is 6.16. The molecule has 5 N–H and O–H groups in total. The van der Waals surface area contributed by atoms with Gasteiger partial charge in [0.05, 0.1) is 0 Å². The Morgan fingerprint density at radius 2 is 2.15 bits per heavy atom. The maximum atomic E-state index is 7.29. The first-order valence-electron chi connectivity index (χ1n) is 3.94. The Labute approximate surface area is 85.8 Å². The van der Waals surface area contributed by atoms with Crippen molar-refractivity contribution in [1.29, 1.82) is 5.41 Å². The van der Waals surface area contributed by atoms with Crippen molar-refractivity contribution < 1.29 is 0 Å². The third-order valence-corrected chi connectivity index (χ3v) is 2.25. The van der Waals surface area contributed by atoms with Crippen LogP contribution in [-0.2, 0) is 6.42 Å². The molecule has 1 aromatic rings. The fraction of sp³-hybridized carbons (Fsp3) is 0.222. The van der Waals surface area contributed by atoms with E-state index in [0.29, 0.717) is 11.3 Å². The number of benzene rings is 1. The van der Waals surface area contributed by atoms with Gasteiger partial charge >= 0.3 is 0 Å². The van der Waals surface area contributed by atoms with Crippen LogP contribution in [0.25, 0.3) is 0 Å². The Kier molecular flexibility index (Phi) is 3.31. The summed E-state index contributed by atoms with van der Waals surface area (Å²) in [5, 5.41) is 8.15. The van der Waals surface area contributed by atoms with Crippen LogP contribution in [0.3, 0.4) is 0 Å². The molecular formula is C9H12BrN3. The summed E-state index contributed by atoms with van der Waals surface area (Å²) < 4.78 is 0. The number of nitrogens with two attached hydrogens (primary N) is 2. The Bertz CT molecular complexity index is 323. The SMILES string of the molecule is N=C(N)c1cccc(CCBr)c1N. The Hall–Kier alpha value is -1.03. The molecule has 0 unspecified atom stereocenters. The number of hydrogen-bond donors (Lipinski definition) is 3. The lowest BCUT2D eigenvalue weighted by atomic mass is 10.1. The molecule has 0 saturated heterocycles. The minimum Gasteiger partial charge on any atom is -0.398 e. The van der Waals surface area contributed by atoms with Gasteiger partial charge in [0, 0.05) is 16.6 Å². The van der Waals surface area contributed by atoms with Gasteiger partial charge in [-0.15, -0.1) is 0 Å². The van der Waals surface area contributed by atoms with E-state index in [9.17, 15) is 0 Å². The molecule has 0 atom stereocenters. The highest BCUT2D eigenvalue weighted by Gasteiger charge is 2.05. The Morgan fingerprint density at radius 1 is 1.46 bits per heavy atom. The summed E-state index contributed by atoms with van der Waals surface area (Å²) in [6.45, 7) is 0. The number of para-hydroxylation sites is 1. The van der Waals surface area contributed by atoms with Gasteiger partial charge in [0.15, 0.2) is 0 Å². The van der Waals surface area contributed by atoms with Crippen molar-refractivity contribution in [2.75, 3.05) is 11.1 Å². The van der Waals surface area contributed by atoms with E-state index in [1.54, 1.807) is 6.07 Å². The van der Waals surface area contributed by atoms with Gasteiger partial charge in [-0.1, -0.05) is 28.1 Å². The topological polar surface area (TPSA) is 75.9 Å². The van der Waals surface area contributed by atoms with E-state index < -0.39 is 0 Å². The summed E-state index contributed by atoms with van der Waals surface area (Å²) in [7, 11) is 0. The number of rotatable bonds is 3. The quantitative estimate of drug-likeness (QED) is 0.325. The Morgan fingerprint density at radius 3 is 2.69 bits per heavy atom. The molecule has 1 rings (SSSR count). The lowest BCUT2D eigenvalue weighted by Gasteiger charge is -2.08. The number of aryl methyl sites for hydroxylation is 1. The van der Waals surface area contributed by atoms with Crippen LogP contribution in [-0.4, -0.2) is 11.2 Å². The van der Waals surface area contributed by atoms with Crippen molar-refractivity contribution in [1.82, 2.24) is 0 Å². The van der Waals surface area contributed by atoms with Crippen molar-refractivity contribution in [3.05, 3.63) is 29.3 Å². The highest BCUT2D eigenvalue weighted by atomic mass is 79.9. The number of nitrogens with one attached hydrogen (secondary N) is 1. The van der Waals surface area contributed by atoms with Gasteiger partial charge in [-0.2, -0.15) is 0 Å². The van der Waals surface area contributed by atoms with Gasteiger partial charge in [-0.25, -0.2) is 0 Å². The molecule has 0 aliphatic rings. The summed E-state index contributed by atoms with van der Waals surface area (Å²) in [5.74, 6) is 0.0222. The number of nitrogen functional groups attached to an aromatic ring is 2. The normalized spacial score (nSPS) is 9.92. The van der Waals surface area contributed by atoms with Crippen LogP contribution in [0, 0.1) is 5.41 Å². The molecule has 0 aromatic heterocycles. The van der Waals surface area contributed by atoms with Crippen LogP contribution < -0.4 is 11.5 Å². The predicted molar refractivity (Wildman–Crippen MR) is 59.4 cm³/mol. The van der Waals surface area contributed by atoms with Gasteiger partial charge < -0.3 is 11.5 Å². The second-order valence-electron chi connectivity index (χ2n) is 2.73. The van der Waals surface area contributed by atoms with Crippen LogP contribution in [0.4, 0.5) is 5.69 Å². The summed E-state index contributed by atoms with van der Waals surface area (Å²) in [4.78, 5) is 0. The van der Waals surface area contributed by atoms with Crippen molar-refractivity contribution in [3.63, 3.8) is 0 Å².